The third-order valence-corrected chi connectivity index (χ3v) is 8.30. The van der Waals surface area contributed by atoms with E-state index in [1.807, 2.05) is 22.9 Å². The largest absolute Gasteiger partial charge is 0.295 e. The lowest BCUT2D eigenvalue weighted by Crippen LogP contribution is -2.12. The highest BCUT2D eigenvalue weighted by Gasteiger charge is 2.25. The highest BCUT2D eigenvalue weighted by molar-refractivity contribution is 7.90. The molecule has 0 spiro atoms. The Kier molecular flexibility index (Phi) is 5.13. The molecule has 6 aromatic rings. The van der Waals surface area contributed by atoms with Crippen LogP contribution in [0.4, 0.5) is 5.69 Å². The standard InChI is InChI=1S/C26H16N4O4S2/c31-30(32)24-10-4-8-19-21(17-11-13-35-16-17)14-23(28-25(19)24)22-15-29(26-20(22)9-5-12-27-26)36(33,34)18-6-2-1-3-7-18/h1-16H. The summed E-state index contributed by atoms with van der Waals surface area (Å²) in [6.07, 6.45) is 3.01. The molecule has 0 N–H and O–H groups in total. The minimum absolute atomic E-state index is 0.121. The molecular formula is C26H16N4O4S2. The first kappa shape index (κ1) is 22.1. The topological polar surface area (TPSA) is 108 Å². The Labute approximate surface area is 209 Å². The van der Waals surface area contributed by atoms with Crippen molar-refractivity contribution in [3.05, 3.63) is 106 Å². The monoisotopic (exact) mass is 512 g/mol. The second-order valence-electron chi connectivity index (χ2n) is 8.03. The minimum Gasteiger partial charge on any atom is -0.258 e. The summed E-state index contributed by atoms with van der Waals surface area (Å²) in [6.45, 7) is 0. The van der Waals surface area contributed by atoms with Crippen molar-refractivity contribution in [3.63, 3.8) is 0 Å². The third kappa shape index (κ3) is 3.46. The first-order chi connectivity index (χ1) is 17.4. The average Bonchev–Trinajstić information content (AvgIpc) is 3.57. The molecule has 0 bridgehead atoms. The van der Waals surface area contributed by atoms with Gasteiger partial charge in [-0.15, -0.1) is 0 Å². The Morgan fingerprint density at radius 2 is 1.72 bits per heavy atom. The Bertz CT molecular complexity index is 1880. The van der Waals surface area contributed by atoms with E-state index in [-0.39, 0.29) is 21.7 Å². The van der Waals surface area contributed by atoms with Gasteiger partial charge in [0.1, 0.15) is 5.52 Å². The van der Waals surface area contributed by atoms with E-state index in [1.54, 1.807) is 42.5 Å². The van der Waals surface area contributed by atoms with Crippen molar-refractivity contribution in [2.24, 2.45) is 0 Å². The number of benzene rings is 2. The van der Waals surface area contributed by atoms with Crippen LogP contribution in [0.3, 0.4) is 0 Å². The van der Waals surface area contributed by atoms with E-state index in [2.05, 4.69) is 9.97 Å². The Morgan fingerprint density at radius 1 is 0.917 bits per heavy atom. The molecule has 0 aliphatic rings. The Hall–Kier alpha value is -4.41. The number of thiophene rings is 1. The van der Waals surface area contributed by atoms with E-state index in [9.17, 15) is 18.5 Å². The number of aromatic nitrogens is 3. The van der Waals surface area contributed by atoms with Gasteiger partial charge in [0.05, 0.1) is 15.5 Å². The summed E-state index contributed by atoms with van der Waals surface area (Å²) in [5.74, 6) is 0. The molecule has 0 fully saturated rings. The van der Waals surface area contributed by atoms with Gasteiger partial charge in [-0.1, -0.05) is 30.3 Å². The molecular weight excluding hydrogens is 496 g/mol. The van der Waals surface area contributed by atoms with Crippen molar-refractivity contribution in [1.82, 2.24) is 13.9 Å². The lowest BCUT2D eigenvalue weighted by molar-refractivity contribution is -0.383. The number of nitro benzene ring substituents is 1. The van der Waals surface area contributed by atoms with Crippen molar-refractivity contribution in [1.29, 1.82) is 0 Å². The smallest absolute Gasteiger partial charge is 0.258 e. The maximum Gasteiger partial charge on any atom is 0.295 e. The summed E-state index contributed by atoms with van der Waals surface area (Å²) >= 11 is 1.52. The molecule has 0 saturated heterocycles. The second-order valence-corrected chi connectivity index (χ2v) is 10.6. The van der Waals surface area contributed by atoms with Gasteiger partial charge in [0, 0.05) is 34.8 Å². The molecule has 10 heteroatoms. The molecule has 0 radical (unpaired) electrons. The molecule has 6 rings (SSSR count). The summed E-state index contributed by atoms with van der Waals surface area (Å²) in [5.41, 5.74) is 2.95. The molecule has 0 unspecified atom stereocenters. The predicted molar refractivity (Wildman–Crippen MR) is 139 cm³/mol. The number of fused-ring (bicyclic) bond motifs is 2. The molecule has 0 aliphatic carbocycles. The van der Waals surface area contributed by atoms with Gasteiger partial charge >= 0.3 is 0 Å². The molecule has 4 aromatic heterocycles. The number of pyridine rings is 2. The first-order valence-corrected chi connectivity index (χ1v) is 13.2. The molecule has 0 atom stereocenters. The van der Waals surface area contributed by atoms with Gasteiger partial charge in [-0.25, -0.2) is 22.4 Å². The fraction of sp³-hybridized carbons (Fsp3) is 0. The zero-order valence-corrected chi connectivity index (χ0v) is 20.1. The van der Waals surface area contributed by atoms with Crippen molar-refractivity contribution >= 4 is 49.0 Å². The quantitative estimate of drug-likeness (QED) is 0.203. The summed E-state index contributed by atoms with van der Waals surface area (Å²) in [5, 5.41) is 16.9. The van der Waals surface area contributed by atoms with E-state index in [4.69, 9.17) is 0 Å². The summed E-state index contributed by atoms with van der Waals surface area (Å²) in [4.78, 5) is 20.5. The van der Waals surface area contributed by atoms with Crippen LogP contribution in [0.25, 0.3) is 44.3 Å². The second kappa shape index (κ2) is 8.36. The van der Waals surface area contributed by atoms with Crippen molar-refractivity contribution < 1.29 is 13.3 Å². The van der Waals surface area contributed by atoms with Crippen LogP contribution in [0.15, 0.2) is 101 Å². The Morgan fingerprint density at radius 3 is 2.47 bits per heavy atom. The van der Waals surface area contributed by atoms with Gasteiger partial charge in [0.15, 0.2) is 5.65 Å². The molecule has 176 valence electrons. The molecule has 36 heavy (non-hydrogen) atoms. The number of nitrogens with zero attached hydrogens (tertiary/aromatic N) is 4. The summed E-state index contributed by atoms with van der Waals surface area (Å²) < 4.78 is 28.2. The van der Waals surface area contributed by atoms with Crippen molar-refractivity contribution in [2.75, 3.05) is 0 Å². The van der Waals surface area contributed by atoms with Crippen LogP contribution in [0.2, 0.25) is 0 Å². The summed E-state index contributed by atoms with van der Waals surface area (Å²) in [6, 6.07) is 20.2. The van der Waals surface area contributed by atoms with Crippen LogP contribution < -0.4 is 0 Å². The van der Waals surface area contributed by atoms with Gasteiger partial charge < -0.3 is 0 Å². The van der Waals surface area contributed by atoms with Gasteiger partial charge in [-0.3, -0.25) is 10.1 Å². The van der Waals surface area contributed by atoms with Crippen LogP contribution in [-0.2, 0) is 10.0 Å². The van der Waals surface area contributed by atoms with Gasteiger partial charge in [0.25, 0.3) is 15.7 Å². The number of hydrogen-bond acceptors (Lipinski definition) is 7. The zero-order chi connectivity index (χ0) is 24.9. The molecule has 0 aliphatic heterocycles. The molecule has 0 saturated carbocycles. The van der Waals surface area contributed by atoms with Crippen LogP contribution in [0.5, 0.6) is 0 Å². The SMILES string of the molecule is O=[N+]([O-])c1cccc2c(-c3ccsc3)cc(-c3cn(S(=O)(=O)c4ccccc4)c4ncccc34)nc12. The normalized spacial score (nSPS) is 11.8. The van der Waals surface area contributed by atoms with E-state index in [1.165, 1.54) is 41.9 Å². The number of rotatable bonds is 5. The van der Waals surface area contributed by atoms with E-state index < -0.39 is 14.9 Å². The highest BCUT2D eigenvalue weighted by atomic mass is 32.2. The van der Waals surface area contributed by atoms with Gasteiger partial charge in [0.2, 0.25) is 0 Å². The summed E-state index contributed by atoms with van der Waals surface area (Å²) in [7, 11) is -3.95. The van der Waals surface area contributed by atoms with Crippen LogP contribution in [-0.4, -0.2) is 27.3 Å². The van der Waals surface area contributed by atoms with Crippen LogP contribution in [0.1, 0.15) is 0 Å². The number of para-hydroxylation sites is 1. The van der Waals surface area contributed by atoms with E-state index in [0.717, 1.165) is 15.1 Å². The number of hydrogen-bond donors (Lipinski definition) is 0. The number of non-ortho nitro benzene ring substituents is 1. The fourth-order valence-corrected chi connectivity index (χ4v) is 6.30. The average molecular weight is 513 g/mol. The predicted octanol–water partition coefficient (Wildman–Crippen LogP) is 6.13. The van der Waals surface area contributed by atoms with Crippen LogP contribution >= 0.6 is 11.3 Å². The Balaban J connectivity index is 1.68. The van der Waals surface area contributed by atoms with Crippen molar-refractivity contribution in [2.45, 2.75) is 4.90 Å². The van der Waals surface area contributed by atoms with E-state index in [0.29, 0.717) is 22.0 Å². The first-order valence-electron chi connectivity index (χ1n) is 10.8. The van der Waals surface area contributed by atoms with Crippen LogP contribution in [0, 0.1) is 10.1 Å². The lowest BCUT2D eigenvalue weighted by Gasteiger charge is -2.09. The lowest BCUT2D eigenvalue weighted by atomic mass is 9.99. The number of nitro groups is 1. The van der Waals surface area contributed by atoms with Gasteiger partial charge in [-0.2, -0.15) is 11.3 Å². The van der Waals surface area contributed by atoms with E-state index >= 15 is 0 Å². The highest BCUT2D eigenvalue weighted by Crippen LogP contribution is 2.39. The molecule has 8 nitrogen and oxygen atoms in total. The zero-order valence-electron chi connectivity index (χ0n) is 18.5. The fourth-order valence-electron chi connectivity index (χ4n) is 4.30. The molecule has 2 aromatic carbocycles. The molecule has 4 heterocycles. The maximum atomic E-state index is 13.5. The molecule has 0 amide bonds. The minimum atomic E-state index is -3.95. The third-order valence-electron chi connectivity index (χ3n) is 5.96. The van der Waals surface area contributed by atoms with Crippen molar-refractivity contribution in [3.8, 4) is 22.4 Å². The van der Waals surface area contributed by atoms with Gasteiger partial charge in [-0.05, 0) is 58.3 Å². The maximum absolute atomic E-state index is 13.5.